The van der Waals surface area contributed by atoms with E-state index in [1.807, 2.05) is 0 Å². The highest BCUT2D eigenvalue weighted by molar-refractivity contribution is 5.94. The van der Waals surface area contributed by atoms with Crippen LogP contribution >= 0.6 is 0 Å². The summed E-state index contributed by atoms with van der Waals surface area (Å²) >= 11 is 0. The number of carbonyl (C=O) groups excluding carboxylic acids is 2. The van der Waals surface area contributed by atoms with E-state index >= 15 is 0 Å². The largest absolute Gasteiger partial charge is 0.336 e. The van der Waals surface area contributed by atoms with Gasteiger partial charge in [0.2, 0.25) is 0 Å². The fourth-order valence-corrected chi connectivity index (χ4v) is 4.59. The maximum Gasteiger partial charge on any atom is 0.317 e. The average Bonchev–Trinajstić information content (AvgIpc) is 2.71. The van der Waals surface area contributed by atoms with Crippen LogP contribution in [0.2, 0.25) is 0 Å². The summed E-state index contributed by atoms with van der Waals surface area (Å²) in [7, 11) is 0. The highest BCUT2D eigenvalue weighted by Crippen LogP contribution is 2.27. The molecule has 6 nitrogen and oxygen atoms in total. The lowest BCUT2D eigenvalue weighted by atomic mass is 9.88. The number of benzene rings is 1. The fraction of sp³-hybridized carbons (Fsp3) is 0.652. The van der Waals surface area contributed by atoms with E-state index in [9.17, 15) is 14.0 Å². The summed E-state index contributed by atoms with van der Waals surface area (Å²) in [6.45, 7) is 13.4. The van der Waals surface area contributed by atoms with Crippen LogP contribution in [0.3, 0.4) is 0 Å². The molecule has 166 valence electrons. The van der Waals surface area contributed by atoms with Gasteiger partial charge in [-0.3, -0.25) is 9.69 Å². The van der Waals surface area contributed by atoms with Gasteiger partial charge in [-0.1, -0.05) is 26.0 Å². The zero-order valence-electron chi connectivity index (χ0n) is 18.7. The molecule has 0 saturated carbocycles. The Balaban J connectivity index is 1.48. The van der Waals surface area contributed by atoms with Crippen LogP contribution < -0.4 is 5.32 Å². The molecule has 0 radical (unpaired) electrons. The van der Waals surface area contributed by atoms with Crippen molar-refractivity contribution in [2.24, 2.45) is 11.8 Å². The van der Waals surface area contributed by atoms with Gasteiger partial charge in [-0.05, 0) is 44.2 Å². The van der Waals surface area contributed by atoms with Crippen molar-refractivity contribution < 1.29 is 14.0 Å². The van der Waals surface area contributed by atoms with Gasteiger partial charge in [-0.15, -0.1) is 0 Å². The highest BCUT2D eigenvalue weighted by Gasteiger charge is 2.34. The number of likely N-dealkylation sites (tertiary alicyclic amines) is 1. The van der Waals surface area contributed by atoms with Crippen molar-refractivity contribution in [1.29, 1.82) is 0 Å². The summed E-state index contributed by atoms with van der Waals surface area (Å²) in [5.74, 6) is 0.515. The molecule has 2 aliphatic rings. The molecule has 0 aliphatic carbocycles. The van der Waals surface area contributed by atoms with Gasteiger partial charge in [0.05, 0.1) is 5.56 Å². The molecule has 30 heavy (non-hydrogen) atoms. The van der Waals surface area contributed by atoms with Crippen molar-refractivity contribution in [1.82, 2.24) is 20.0 Å². The molecule has 0 aromatic heterocycles. The van der Waals surface area contributed by atoms with Gasteiger partial charge in [-0.2, -0.15) is 0 Å². The first kappa shape index (κ1) is 22.5. The number of hydrogen-bond donors (Lipinski definition) is 1. The van der Waals surface area contributed by atoms with E-state index in [2.05, 4.69) is 37.9 Å². The van der Waals surface area contributed by atoms with E-state index in [0.29, 0.717) is 44.6 Å². The van der Waals surface area contributed by atoms with E-state index in [4.69, 9.17) is 0 Å². The lowest BCUT2D eigenvalue weighted by Crippen LogP contribution is -2.58. The number of hydrogen-bond acceptors (Lipinski definition) is 3. The molecule has 3 amide bonds. The fourth-order valence-electron chi connectivity index (χ4n) is 4.59. The molecule has 2 saturated heterocycles. The molecule has 1 aromatic rings. The van der Waals surface area contributed by atoms with Gasteiger partial charge >= 0.3 is 6.03 Å². The van der Waals surface area contributed by atoms with Crippen LogP contribution in [0.5, 0.6) is 0 Å². The number of nitrogens with zero attached hydrogens (tertiary/aromatic N) is 3. The predicted molar refractivity (Wildman–Crippen MR) is 116 cm³/mol. The van der Waals surface area contributed by atoms with Crippen LogP contribution in [0.15, 0.2) is 24.3 Å². The van der Waals surface area contributed by atoms with Crippen LogP contribution in [0.4, 0.5) is 9.18 Å². The molecule has 0 bridgehead atoms. The third-order valence-electron chi connectivity index (χ3n) is 6.36. The first-order valence-corrected chi connectivity index (χ1v) is 11.0. The minimum Gasteiger partial charge on any atom is -0.336 e. The Labute approximate surface area is 179 Å². The van der Waals surface area contributed by atoms with Crippen LogP contribution in [0, 0.1) is 17.7 Å². The first-order valence-electron chi connectivity index (χ1n) is 11.0. The van der Waals surface area contributed by atoms with Gasteiger partial charge < -0.3 is 15.1 Å². The van der Waals surface area contributed by atoms with Crippen LogP contribution in [0.25, 0.3) is 0 Å². The Morgan fingerprint density at radius 3 is 2.20 bits per heavy atom. The van der Waals surface area contributed by atoms with Crippen molar-refractivity contribution in [3.05, 3.63) is 35.6 Å². The number of piperazine rings is 1. The van der Waals surface area contributed by atoms with Crippen molar-refractivity contribution in [2.75, 3.05) is 45.8 Å². The molecule has 2 fully saturated rings. The minimum absolute atomic E-state index is 0.0853. The molecule has 1 N–H and O–H groups in total. The molecule has 2 aliphatic heterocycles. The summed E-state index contributed by atoms with van der Waals surface area (Å²) in [6.07, 6.45) is 1.26. The number of nitrogens with one attached hydrogen (secondary N) is 1. The first-order chi connectivity index (χ1) is 14.2. The molecule has 7 heteroatoms. The summed E-state index contributed by atoms with van der Waals surface area (Å²) in [5, 5.41) is 3.09. The van der Waals surface area contributed by atoms with Crippen LogP contribution in [0.1, 0.15) is 44.5 Å². The highest BCUT2D eigenvalue weighted by atomic mass is 19.1. The normalized spacial score (nSPS) is 23.4. The van der Waals surface area contributed by atoms with Gasteiger partial charge in [0, 0.05) is 51.4 Å². The third kappa shape index (κ3) is 5.31. The monoisotopic (exact) mass is 418 g/mol. The Morgan fingerprint density at radius 2 is 1.60 bits per heavy atom. The molecule has 1 aromatic carbocycles. The molecule has 0 spiro atoms. The maximum absolute atomic E-state index is 13.9. The maximum atomic E-state index is 13.9. The van der Waals surface area contributed by atoms with E-state index in [1.54, 1.807) is 21.9 Å². The Bertz CT molecular complexity index is 751. The Hall–Kier alpha value is -2.15. The molecular formula is C23H35FN4O2. The van der Waals surface area contributed by atoms with Crippen molar-refractivity contribution >= 4 is 11.9 Å². The molecule has 3 rings (SSSR count). The minimum atomic E-state index is -0.508. The smallest absolute Gasteiger partial charge is 0.317 e. The second kappa shape index (κ2) is 9.33. The van der Waals surface area contributed by atoms with E-state index in [-0.39, 0.29) is 23.0 Å². The lowest BCUT2D eigenvalue weighted by Gasteiger charge is -2.45. The number of piperidine rings is 1. The van der Waals surface area contributed by atoms with Crippen LogP contribution in [-0.2, 0) is 0 Å². The van der Waals surface area contributed by atoms with Crippen molar-refractivity contribution in [2.45, 2.75) is 39.7 Å². The van der Waals surface area contributed by atoms with E-state index in [1.165, 1.54) is 18.6 Å². The number of carbonyl (C=O) groups is 2. The molecule has 2 heterocycles. The van der Waals surface area contributed by atoms with Gasteiger partial charge in [0.25, 0.3) is 5.91 Å². The molecule has 2 unspecified atom stereocenters. The third-order valence-corrected chi connectivity index (χ3v) is 6.36. The lowest BCUT2D eigenvalue weighted by molar-refractivity contribution is 0.0454. The molecular weight excluding hydrogens is 383 g/mol. The summed E-state index contributed by atoms with van der Waals surface area (Å²) in [6, 6.07) is 5.93. The van der Waals surface area contributed by atoms with Gasteiger partial charge in [0.15, 0.2) is 0 Å². The van der Waals surface area contributed by atoms with Crippen molar-refractivity contribution in [3.8, 4) is 0 Å². The van der Waals surface area contributed by atoms with Crippen molar-refractivity contribution in [3.63, 3.8) is 0 Å². The zero-order chi connectivity index (χ0) is 21.9. The second-order valence-corrected chi connectivity index (χ2v) is 9.58. The Morgan fingerprint density at radius 1 is 1.03 bits per heavy atom. The number of amides is 3. The summed E-state index contributed by atoms with van der Waals surface area (Å²) < 4.78 is 13.9. The number of halogens is 1. The second-order valence-electron chi connectivity index (χ2n) is 9.58. The SMILES string of the molecule is CC1CC(C)CN(C(C)(C)CNC(=O)N2CCN(C(=O)c3ccccc3F)CC2)C1. The summed E-state index contributed by atoms with van der Waals surface area (Å²) in [5.41, 5.74) is -0.0246. The number of urea groups is 1. The van der Waals surface area contributed by atoms with Gasteiger partial charge in [-0.25, -0.2) is 9.18 Å². The Kier molecular flexibility index (Phi) is 7.01. The average molecular weight is 419 g/mol. The zero-order valence-corrected chi connectivity index (χ0v) is 18.7. The van der Waals surface area contributed by atoms with Crippen LogP contribution in [-0.4, -0.2) is 78.0 Å². The quantitative estimate of drug-likeness (QED) is 0.818. The topological polar surface area (TPSA) is 55.9 Å². The van der Waals surface area contributed by atoms with E-state index < -0.39 is 5.82 Å². The standard InChI is InChI=1S/C23H35FN4O2/c1-17-13-18(2)15-28(14-17)23(3,4)16-25-22(30)27-11-9-26(10-12-27)21(29)19-7-5-6-8-20(19)24/h5-8,17-18H,9-16H2,1-4H3,(H,25,30). The number of rotatable bonds is 4. The molecule has 2 atom stereocenters. The van der Waals surface area contributed by atoms with Gasteiger partial charge in [0.1, 0.15) is 5.82 Å². The predicted octanol–water partition coefficient (Wildman–Crippen LogP) is 3.05. The van der Waals surface area contributed by atoms with E-state index in [0.717, 1.165) is 13.1 Å². The summed E-state index contributed by atoms with van der Waals surface area (Å²) in [4.78, 5) is 31.1.